The molecule has 0 bridgehead atoms. The summed E-state index contributed by atoms with van der Waals surface area (Å²) in [6.45, 7) is 5.16. The first-order valence-corrected chi connectivity index (χ1v) is 9.27. The third-order valence-corrected chi connectivity index (χ3v) is 5.16. The maximum Gasteiger partial charge on any atom is 0.306 e. The number of hydrogen-bond acceptors (Lipinski definition) is 4. The number of carbonyl (C=O) groups is 2. The third kappa shape index (κ3) is 4.45. The molecule has 0 unspecified atom stereocenters. The van der Waals surface area contributed by atoms with Gasteiger partial charge in [-0.3, -0.25) is 9.59 Å². The van der Waals surface area contributed by atoms with E-state index in [0.29, 0.717) is 31.7 Å². The highest BCUT2D eigenvalue weighted by Gasteiger charge is 2.26. The summed E-state index contributed by atoms with van der Waals surface area (Å²) in [5.74, 6) is -0.0590. The number of benzene rings is 1. The molecule has 27 heavy (non-hydrogen) atoms. The Morgan fingerprint density at radius 2 is 1.81 bits per heavy atom. The first-order valence-electron chi connectivity index (χ1n) is 9.27. The highest BCUT2D eigenvalue weighted by Crippen LogP contribution is 2.26. The van der Waals surface area contributed by atoms with E-state index in [-0.39, 0.29) is 17.7 Å². The predicted molar refractivity (Wildman–Crippen MR) is 105 cm³/mol. The van der Waals surface area contributed by atoms with Crippen molar-refractivity contribution in [1.82, 2.24) is 4.98 Å². The van der Waals surface area contributed by atoms with Crippen LogP contribution in [0.5, 0.6) is 0 Å². The Hall–Kier alpha value is -2.89. The van der Waals surface area contributed by atoms with E-state index in [9.17, 15) is 9.59 Å². The number of carboxylic acids is 1. The second-order valence-electron chi connectivity index (χ2n) is 7.06. The van der Waals surface area contributed by atoms with Crippen LogP contribution in [0.3, 0.4) is 0 Å². The summed E-state index contributed by atoms with van der Waals surface area (Å²) in [4.78, 5) is 30.4. The van der Waals surface area contributed by atoms with Crippen LogP contribution in [0.2, 0.25) is 0 Å². The first kappa shape index (κ1) is 18.9. The quantitative estimate of drug-likeness (QED) is 0.846. The molecular weight excluding hydrogens is 342 g/mol. The molecule has 1 saturated heterocycles. The molecule has 0 aliphatic carbocycles. The lowest BCUT2D eigenvalue weighted by atomic mass is 9.97. The van der Waals surface area contributed by atoms with Crippen LogP contribution in [0.4, 0.5) is 11.6 Å². The molecule has 0 radical (unpaired) electrons. The van der Waals surface area contributed by atoms with Gasteiger partial charge in [0.1, 0.15) is 11.6 Å². The second-order valence-corrected chi connectivity index (χ2v) is 7.06. The van der Waals surface area contributed by atoms with E-state index in [1.165, 1.54) is 0 Å². The highest BCUT2D eigenvalue weighted by atomic mass is 16.4. The van der Waals surface area contributed by atoms with Crippen LogP contribution < -0.4 is 10.2 Å². The molecule has 142 valence electrons. The van der Waals surface area contributed by atoms with Crippen molar-refractivity contribution in [3.05, 3.63) is 53.6 Å². The molecule has 6 heteroatoms. The summed E-state index contributed by atoms with van der Waals surface area (Å²) in [5.41, 5.74) is 1.97. The van der Waals surface area contributed by atoms with E-state index in [1.54, 1.807) is 6.07 Å². The van der Waals surface area contributed by atoms with Crippen LogP contribution in [0.25, 0.3) is 0 Å². The minimum Gasteiger partial charge on any atom is -0.481 e. The number of carbonyl (C=O) groups excluding carboxylic acids is 1. The molecule has 6 nitrogen and oxygen atoms in total. The number of aliphatic carboxylic acids is 1. The monoisotopic (exact) mass is 367 g/mol. The average Bonchev–Trinajstić information content (AvgIpc) is 2.69. The highest BCUT2D eigenvalue weighted by molar-refractivity contribution is 5.95. The van der Waals surface area contributed by atoms with Gasteiger partial charge in [0.15, 0.2) is 0 Å². The number of nitrogens with one attached hydrogen (secondary N) is 1. The van der Waals surface area contributed by atoms with Gasteiger partial charge in [-0.05, 0) is 43.9 Å². The van der Waals surface area contributed by atoms with Gasteiger partial charge in [0, 0.05) is 13.1 Å². The van der Waals surface area contributed by atoms with Gasteiger partial charge in [-0.25, -0.2) is 4.98 Å². The van der Waals surface area contributed by atoms with Crippen molar-refractivity contribution in [2.24, 2.45) is 5.92 Å². The molecule has 1 aliphatic heterocycles. The lowest BCUT2D eigenvalue weighted by Gasteiger charge is -2.32. The van der Waals surface area contributed by atoms with Crippen LogP contribution in [-0.2, 0) is 9.59 Å². The number of aromatic nitrogens is 1. The number of hydrogen-bond donors (Lipinski definition) is 2. The molecule has 0 saturated carbocycles. The summed E-state index contributed by atoms with van der Waals surface area (Å²) in [6, 6.07) is 13.4. The zero-order valence-corrected chi connectivity index (χ0v) is 15.7. The molecule has 2 aromatic rings. The fourth-order valence-electron chi connectivity index (χ4n) is 3.37. The summed E-state index contributed by atoms with van der Waals surface area (Å²) < 4.78 is 0. The summed E-state index contributed by atoms with van der Waals surface area (Å²) in [6.07, 6.45) is 1.22. The van der Waals surface area contributed by atoms with E-state index in [2.05, 4.69) is 15.2 Å². The zero-order chi connectivity index (χ0) is 19.4. The van der Waals surface area contributed by atoms with Crippen LogP contribution in [0.15, 0.2) is 42.5 Å². The Labute approximate surface area is 159 Å². The van der Waals surface area contributed by atoms with E-state index < -0.39 is 5.97 Å². The number of amides is 1. The Morgan fingerprint density at radius 1 is 1.15 bits per heavy atom. The number of piperidine rings is 1. The van der Waals surface area contributed by atoms with Gasteiger partial charge in [-0.2, -0.15) is 0 Å². The smallest absolute Gasteiger partial charge is 0.306 e. The van der Waals surface area contributed by atoms with Gasteiger partial charge < -0.3 is 15.3 Å². The van der Waals surface area contributed by atoms with E-state index in [0.717, 1.165) is 16.9 Å². The fourth-order valence-corrected chi connectivity index (χ4v) is 3.37. The topological polar surface area (TPSA) is 82.5 Å². The maximum absolute atomic E-state index is 12.6. The van der Waals surface area contributed by atoms with Crippen LogP contribution >= 0.6 is 0 Å². The standard InChI is InChI=1S/C21H25N3O3/c1-14-8-9-18(23-20(25)15(2)16-6-4-3-5-7-16)22-19(14)24-12-10-17(11-13-24)21(26)27/h3-9,15,17H,10-13H2,1-2H3,(H,26,27)(H,22,23,25)/t15-/m1/s1. The van der Waals surface area contributed by atoms with E-state index in [4.69, 9.17) is 5.11 Å². The molecule has 2 N–H and O–H groups in total. The summed E-state index contributed by atoms with van der Waals surface area (Å²) in [7, 11) is 0. The van der Waals surface area contributed by atoms with Gasteiger partial charge in [0.05, 0.1) is 11.8 Å². The van der Waals surface area contributed by atoms with Crippen molar-refractivity contribution >= 4 is 23.5 Å². The molecule has 1 aliphatic rings. The minimum absolute atomic E-state index is 0.104. The average molecular weight is 367 g/mol. The van der Waals surface area contributed by atoms with E-state index in [1.807, 2.05) is 50.2 Å². The Morgan fingerprint density at radius 3 is 2.44 bits per heavy atom. The first-order chi connectivity index (χ1) is 13.0. The van der Waals surface area contributed by atoms with Crippen molar-refractivity contribution in [2.75, 3.05) is 23.3 Å². The zero-order valence-electron chi connectivity index (χ0n) is 15.7. The lowest BCUT2D eigenvalue weighted by Crippen LogP contribution is -2.37. The molecule has 3 rings (SSSR count). The van der Waals surface area contributed by atoms with Crippen LogP contribution in [-0.4, -0.2) is 35.1 Å². The molecule has 1 amide bonds. The normalized spacial score (nSPS) is 16.0. The molecule has 1 aromatic heterocycles. The molecule has 2 heterocycles. The van der Waals surface area contributed by atoms with Crippen LogP contribution in [0.1, 0.15) is 36.8 Å². The third-order valence-electron chi connectivity index (χ3n) is 5.16. The van der Waals surface area contributed by atoms with E-state index >= 15 is 0 Å². The van der Waals surface area contributed by atoms with Crippen molar-refractivity contribution in [3.8, 4) is 0 Å². The Balaban J connectivity index is 1.70. The van der Waals surface area contributed by atoms with Gasteiger partial charge >= 0.3 is 5.97 Å². The number of aryl methyl sites for hydroxylation is 1. The van der Waals surface area contributed by atoms with Crippen LogP contribution in [0, 0.1) is 12.8 Å². The number of anilines is 2. The maximum atomic E-state index is 12.6. The molecule has 1 atom stereocenters. The molecular formula is C21H25N3O3. The molecule has 0 spiro atoms. The van der Waals surface area contributed by atoms with Crippen molar-refractivity contribution in [2.45, 2.75) is 32.6 Å². The largest absolute Gasteiger partial charge is 0.481 e. The van der Waals surface area contributed by atoms with Crippen molar-refractivity contribution < 1.29 is 14.7 Å². The van der Waals surface area contributed by atoms with Crippen molar-refractivity contribution in [1.29, 1.82) is 0 Å². The summed E-state index contributed by atoms with van der Waals surface area (Å²) >= 11 is 0. The number of rotatable bonds is 5. The Bertz CT molecular complexity index is 815. The SMILES string of the molecule is Cc1ccc(NC(=O)[C@H](C)c2ccccc2)nc1N1CCC(C(=O)O)CC1. The summed E-state index contributed by atoms with van der Waals surface area (Å²) in [5, 5.41) is 12.1. The number of pyridine rings is 1. The number of nitrogens with zero attached hydrogens (tertiary/aromatic N) is 2. The molecule has 1 aromatic carbocycles. The molecule has 1 fully saturated rings. The predicted octanol–water partition coefficient (Wildman–Crippen LogP) is 3.43. The minimum atomic E-state index is -0.727. The van der Waals surface area contributed by atoms with Gasteiger partial charge in [-0.15, -0.1) is 0 Å². The number of carboxylic acid groups (broad SMARTS) is 1. The Kier molecular flexibility index (Phi) is 5.74. The fraction of sp³-hybridized carbons (Fsp3) is 0.381. The van der Waals surface area contributed by atoms with Crippen molar-refractivity contribution in [3.63, 3.8) is 0 Å². The van der Waals surface area contributed by atoms with Gasteiger partial charge in [0.2, 0.25) is 5.91 Å². The van der Waals surface area contributed by atoms with Gasteiger partial charge in [0.25, 0.3) is 0 Å². The second kappa shape index (κ2) is 8.20. The lowest BCUT2D eigenvalue weighted by molar-refractivity contribution is -0.142. The van der Waals surface area contributed by atoms with Gasteiger partial charge in [-0.1, -0.05) is 36.4 Å².